The van der Waals surface area contributed by atoms with E-state index in [-0.39, 0.29) is 17.4 Å². The maximum Gasteiger partial charge on any atom is 0.295 e. The van der Waals surface area contributed by atoms with Crippen molar-refractivity contribution in [3.8, 4) is 0 Å². The molecule has 2 fully saturated rings. The largest absolute Gasteiger partial charge is 0.393 e. The Hall–Kier alpha value is -2.26. The second kappa shape index (κ2) is 8.62. The highest BCUT2D eigenvalue weighted by molar-refractivity contribution is 6.01. The van der Waals surface area contributed by atoms with Crippen molar-refractivity contribution in [1.82, 2.24) is 9.80 Å². The highest BCUT2D eigenvalue weighted by Gasteiger charge is 2.31. The Morgan fingerprint density at radius 1 is 1.30 bits per heavy atom. The molecule has 2 saturated heterocycles. The highest BCUT2D eigenvalue weighted by Crippen LogP contribution is 2.29. The summed E-state index contributed by atoms with van der Waals surface area (Å²) in [5, 5.41) is 11.0. The number of rotatable bonds is 6. The third-order valence-corrected chi connectivity index (χ3v) is 5.19. The summed E-state index contributed by atoms with van der Waals surface area (Å²) >= 11 is 0. The first-order valence-corrected chi connectivity index (χ1v) is 9.32. The zero-order valence-corrected chi connectivity index (χ0v) is 15.2. The van der Waals surface area contributed by atoms with Crippen molar-refractivity contribution in [3.63, 3.8) is 0 Å². The van der Waals surface area contributed by atoms with Gasteiger partial charge in [0, 0.05) is 19.6 Å². The minimum Gasteiger partial charge on any atom is -0.393 e. The van der Waals surface area contributed by atoms with Crippen molar-refractivity contribution in [3.05, 3.63) is 33.6 Å². The number of halogens is 1. The molecule has 1 aromatic rings. The first-order chi connectivity index (χ1) is 13.0. The Morgan fingerprint density at radius 2 is 2.04 bits per heavy atom. The van der Waals surface area contributed by atoms with Gasteiger partial charge in [-0.3, -0.25) is 14.9 Å². The molecular formula is C18H25FN4O4. The lowest BCUT2D eigenvalue weighted by molar-refractivity contribution is -0.384. The van der Waals surface area contributed by atoms with Gasteiger partial charge in [0.1, 0.15) is 11.5 Å². The van der Waals surface area contributed by atoms with Crippen molar-refractivity contribution < 1.29 is 18.8 Å². The van der Waals surface area contributed by atoms with Gasteiger partial charge in [0.05, 0.1) is 29.3 Å². The molecular weight excluding hydrogens is 355 g/mol. The average Bonchev–Trinajstić information content (AvgIpc) is 3.12. The third kappa shape index (κ3) is 4.72. The number of ether oxygens (including phenoxy) is 1. The molecule has 0 aliphatic carbocycles. The summed E-state index contributed by atoms with van der Waals surface area (Å²) in [7, 11) is 0. The number of hydrogen-bond donors (Lipinski definition) is 1. The molecule has 1 aromatic carbocycles. The van der Waals surface area contributed by atoms with Crippen LogP contribution in [-0.2, 0) is 4.74 Å². The number of nitrogens with zero attached hydrogens (tertiary/aromatic N) is 3. The quantitative estimate of drug-likeness (QED) is 0.460. The van der Waals surface area contributed by atoms with Crippen molar-refractivity contribution in [2.75, 3.05) is 45.1 Å². The first-order valence-electron chi connectivity index (χ1n) is 9.32. The van der Waals surface area contributed by atoms with Crippen LogP contribution in [0.4, 0.5) is 15.8 Å². The fraction of sp³-hybridized carbons (Fsp3) is 0.611. The molecule has 3 rings (SSSR count). The van der Waals surface area contributed by atoms with Crippen molar-refractivity contribution >= 4 is 17.3 Å². The van der Waals surface area contributed by atoms with Gasteiger partial charge in [-0.05, 0) is 38.4 Å². The second-order valence-corrected chi connectivity index (χ2v) is 7.08. The minimum atomic E-state index is -0.854. The lowest BCUT2D eigenvalue weighted by Gasteiger charge is -2.26. The summed E-state index contributed by atoms with van der Waals surface area (Å²) in [4.78, 5) is 26.7. The van der Waals surface area contributed by atoms with E-state index >= 15 is 0 Å². The van der Waals surface area contributed by atoms with E-state index in [0.29, 0.717) is 26.1 Å². The molecule has 0 radical (unpaired) electrons. The van der Waals surface area contributed by atoms with Gasteiger partial charge in [-0.15, -0.1) is 0 Å². The Bertz CT molecular complexity index is 709. The van der Waals surface area contributed by atoms with E-state index in [1.165, 1.54) is 24.2 Å². The standard InChI is InChI=1S/C18H25FN4O4/c19-13-10-15(17(20)16(11-13)23(25)26)18(24)22-7-4-14(12-22)27-9-8-21-5-2-1-3-6-21/h10-11,14H,1-9,12,20H2/t14-/m0/s1. The molecule has 0 unspecified atom stereocenters. The first kappa shape index (κ1) is 19.5. The molecule has 2 N–H and O–H groups in total. The van der Waals surface area contributed by atoms with Gasteiger partial charge >= 0.3 is 0 Å². The number of nitrogens with two attached hydrogens (primary N) is 1. The smallest absolute Gasteiger partial charge is 0.295 e. The van der Waals surface area contributed by atoms with Crippen LogP contribution in [0.1, 0.15) is 36.0 Å². The molecule has 0 spiro atoms. The summed E-state index contributed by atoms with van der Waals surface area (Å²) in [5.41, 5.74) is 4.66. The Balaban J connectivity index is 1.55. The Labute approximate surface area is 157 Å². The van der Waals surface area contributed by atoms with Gasteiger partial charge in [0.15, 0.2) is 0 Å². The number of piperidine rings is 1. The van der Waals surface area contributed by atoms with Crippen LogP contribution < -0.4 is 5.73 Å². The van der Waals surface area contributed by atoms with Crippen molar-refractivity contribution in [2.24, 2.45) is 0 Å². The van der Waals surface area contributed by atoms with Crippen LogP contribution in [0.5, 0.6) is 0 Å². The van der Waals surface area contributed by atoms with Crippen molar-refractivity contribution in [2.45, 2.75) is 31.8 Å². The van der Waals surface area contributed by atoms with E-state index in [4.69, 9.17) is 10.5 Å². The lowest BCUT2D eigenvalue weighted by Crippen LogP contribution is -2.34. The van der Waals surface area contributed by atoms with Crippen LogP contribution in [0, 0.1) is 15.9 Å². The number of carbonyl (C=O) groups is 1. The number of anilines is 1. The summed E-state index contributed by atoms with van der Waals surface area (Å²) in [6, 6.07) is 1.68. The van der Waals surface area contributed by atoms with Gasteiger partial charge in [-0.25, -0.2) is 4.39 Å². The third-order valence-electron chi connectivity index (χ3n) is 5.19. The van der Waals surface area contributed by atoms with Crippen LogP contribution in [0.3, 0.4) is 0 Å². The lowest BCUT2D eigenvalue weighted by atomic mass is 10.1. The SMILES string of the molecule is Nc1c(C(=O)N2CC[C@H](OCCN3CCCCC3)C2)cc(F)cc1[N+](=O)[O-]. The zero-order chi connectivity index (χ0) is 19.4. The Kier molecular flexibility index (Phi) is 6.22. The van der Waals surface area contributed by atoms with Crippen molar-refractivity contribution in [1.29, 1.82) is 0 Å². The number of hydrogen-bond acceptors (Lipinski definition) is 6. The fourth-order valence-electron chi connectivity index (χ4n) is 3.68. The Morgan fingerprint density at radius 3 is 2.74 bits per heavy atom. The van der Waals surface area contributed by atoms with Gasteiger partial charge in [-0.1, -0.05) is 6.42 Å². The molecule has 2 aliphatic rings. The summed E-state index contributed by atoms with van der Waals surface area (Å²) in [5.74, 6) is -1.36. The number of nitro benzene ring substituents is 1. The monoisotopic (exact) mass is 380 g/mol. The van der Waals surface area contributed by atoms with E-state index in [1.54, 1.807) is 0 Å². The topological polar surface area (TPSA) is 102 Å². The van der Waals surface area contributed by atoms with E-state index < -0.39 is 22.3 Å². The van der Waals surface area contributed by atoms with E-state index in [1.807, 2.05) is 0 Å². The molecule has 1 amide bonds. The van der Waals surface area contributed by atoms with E-state index in [9.17, 15) is 19.3 Å². The maximum absolute atomic E-state index is 13.7. The van der Waals surface area contributed by atoms with Crippen LogP contribution in [-0.4, -0.2) is 66.1 Å². The van der Waals surface area contributed by atoms with Crippen LogP contribution in [0.25, 0.3) is 0 Å². The van der Waals surface area contributed by atoms with Gasteiger partial charge < -0.3 is 20.3 Å². The molecule has 1 atom stereocenters. The van der Waals surface area contributed by atoms with E-state index in [0.717, 1.165) is 31.8 Å². The number of nitro groups is 1. The maximum atomic E-state index is 13.7. The normalized spacial score (nSPS) is 20.8. The van der Waals surface area contributed by atoms with Gasteiger partial charge in [0.25, 0.3) is 11.6 Å². The number of likely N-dealkylation sites (tertiary alicyclic amines) is 2. The molecule has 9 heteroatoms. The number of nitrogen functional groups attached to an aromatic ring is 1. The molecule has 0 saturated carbocycles. The predicted molar refractivity (Wildman–Crippen MR) is 98.0 cm³/mol. The molecule has 0 aromatic heterocycles. The van der Waals surface area contributed by atoms with Gasteiger partial charge in [-0.2, -0.15) is 0 Å². The van der Waals surface area contributed by atoms with Crippen LogP contribution in [0.15, 0.2) is 12.1 Å². The zero-order valence-electron chi connectivity index (χ0n) is 15.2. The van der Waals surface area contributed by atoms with E-state index in [2.05, 4.69) is 4.90 Å². The average molecular weight is 380 g/mol. The summed E-state index contributed by atoms with van der Waals surface area (Å²) in [6.07, 6.45) is 4.35. The van der Waals surface area contributed by atoms with Crippen LogP contribution in [0.2, 0.25) is 0 Å². The summed E-state index contributed by atoms with van der Waals surface area (Å²) < 4.78 is 19.6. The van der Waals surface area contributed by atoms with Crippen LogP contribution >= 0.6 is 0 Å². The summed E-state index contributed by atoms with van der Waals surface area (Å²) in [6.45, 7) is 4.54. The molecule has 2 aliphatic heterocycles. The predicted octanol–water partition coefficient (Wildman–Crippen LogP) is 2.03. The molecule has 2 heterocycles. The molecule has 27 heavy (non-hydrogen) atoms. The molecule has 8 nitrogen and oxygen atoms in total. The fourth-order valence-corrected chi connectivity index (χ4v) is 3.68. The van der Waals surface area contributed by atoms with Gasteiger partial charge in [0.2, 0.25) is 0 Å². The minimum absolute atomic E-state index is 0.0801. The molecule has 0 bridgehead atoms. The number of benzene rings is 1. The highest BCUT2D eigenvalue weighted by atomic mass is 19.1. The second-order valence-electron chi connectivity index (χ2n) is 7.08. The number of carbonyl (C=O) groups excluding carboxylic acids is 1. The molecule has 148 valence electrons. The number of amides is 1.